The fourth-order valence-corrected chi connectivity index (χ4v) is 7.18. The van der Waals surface area contributed by atoms with Crippen molar-refractivity contribution in [2.75, 3.05) is 20.3 Å². The van der Waals surface area contributed by atoms with Crippen LogP contribution < -0.4 is 4.74 Å². The lowest BCUT2D eigenvalue weighted by atomic mass is 9.61. The summed E-state index contributed by atoms with van der Waals surface area (Å²) in [6.07, 6.45) is 6.69. The third-order valence-electron chi connectivity index (χ3n) is 9.11. The molecule has 5 rings (SSSR count). The van der Waals surface area contributed by atoms with E-state index in [2.05, 4.69) is 31.7 Å². The highest BCUT2D eigenvalue weighted by Crippen LogP contribution is 2.63. The minimum atomic E-state index is -1.07. The molecule has 5 heteroatoms. The van der Waals surface area contributed by atoms with Crippen LogP contribution in [0.25, 0.3) is 0 Å². The SMILES string of the molecule is C=C(CCO)[C@]1(O)CCC2C3CC=C4CC(=O)CCC4=C3[C@@H](c3ccc(OC)cc3)OC[C@@]21C. The smallest absolute Gasteiger partial charge is 0.137 e. The number of Topliss-reactive ketones (excluding diaryl/α,β-unsaturated/α-hetero) is 1. The van der Waals surface area contributed by atoms with Gasteiger partial charge < -0.3 is 19.7 Å². The van der Waals surface area contributed by atoms with E-state index in [1.807, 2.05) is 12.1 Å². The van der Waals surface area contributed by atoms with E-state index in [0.717, 1.165) is 30.6 Å². The second kappa shape index (κ2) is 8.78. The number of carbonyl (C=O) groups excluding carboxylic acids is 1. The van der Waals surface area contributed by atoms with Crippen molar-refractivity contribution in [2.24, 2.45) is 17.3 Å². The second-order valence-electron chi connectivity index (χ2n) is 10.7. The van der Waals surface area contributed by atoms with E-state index >= 15 is 0 Å². The Hall–Kier alpha value is -2.21. The van der Waals surface area contributed by atoms with Crippen LogP contribution >= 0.6 is 0 Å². The van der Waals surface area contributed by atoms with Crippen molar-refractivity contribution in [3.63, 3.8) is 0 Å². The molecule has 2 saturated carbocycles. The fraction of sp³-hybridized carbons (Fsp3) is 0.552. The van der Waals surface area contributed by atoms with Crippen LogP contribution in [0.5, 0.6) is 5.75 Å². The molecule has 1 heterocycles. The van der Waals surface area contributed by atoms with Gasteiger partial charge in [-0.1, -0.05) is 31.7 Å². The molecule has 0 aromatic heterocycles. The highest BCUT2D eigenvalue weighted by Gasteiger charge is 2.62. The summed E-state index contributed by atoms with van der Waals surface area (Å²) in [7, 11) is 1.66. The van der Waals surface area contributed by atoms with Gasteiger partial charge in [-0.05, 0) is 83.9 Å². The molecule has 182 valence electrons. The van der Waals surface area contributed by atoms with E-state index in [1.165, 1.54) is 16.7 Å². The Balaban J connectivity index is 1.62. The van der Waals surface area contributed by atoms with Gasteiger partial charge in [-0.3, -0.25) is 4.79 Å². The van der Waals surface area contributed by atoms with Crippen molar-refractivity contribution in [1.29, 1.82) is 0 Å². The van der Waals surface area contributed by atoms with E-state index in [9.17, 15) is 15.0 Å². The zero-order valence-electron chi connectivity index (χ0n) is 20.3. The largest absolute Gasteiger partial charge is 0.497 e. The van der Waals surface area contributed by atoms with Gasteiger partial charge in [0.25, 0.3) is 0 Å². The molecule has 0 amide bonds. The predicted molar refractivity (Wildman–Crippen MR) is 130 cm³/mol. The van der Waals surface area contributed by atoms with Crippen LogP contribution in [-0.4, -0.2) is 41.9 Å². The number of ether oxygens (including phenoxy) is 2. The molecule has 1 aliphatic heterocycles. The van der Waals surface area contributed by atoms with Crippen LogP contribution in [0.3, 0.4) is 0 Å². The third kappa shape index (κ3) is 3.52. The van der Waals surface area contributed by atoms with Crippen LogP contribution in [0, 0.1) is 17.3 Å². The van der Waals surface area contributed by atoms with Gasteiger partial charge in [0.2, 0.25) is 0 Å². The molecular formula is C29H36O5. The van der Waals surface area contributed by atoms with Gasteiger partial charge in [-0.15, -0.1) is 0 Å². The number of benzene rings is 1. The number of carbonyl (C=O) groups is 1. The molecule has 3 aliphatic carbocycles. The normalized spacial score (nSPS) is 35.1. The van der Waals surface area contributed by atoms with Crippen LogP contribution in [0.4, 0.5) is 0 Å². The Morgan fingerprint density at radius 2 is 2.03 bits per heavy atom. The van der Waals surface area contributed by atoms with Gasteiger partial charge >= 0.3 is 0 Å². The molecule has 3 fully saturated rings. The quantitative estimate of drug-likeness (QED) is 0.610. The Kier molecular flexibility index (Phi) is 6.07. The zero-order valence-corrected chi connectivity index (χ0v) is 20.3. The number of rotatable bonds is 5. The van der Waals surface area contributed by atoms with Crippen molar-refractivity contribution >= 4 is 5.78 Å². The molecule has 34 heavy (non-hydrogen) atoms. The predicted octanol–water partition coefficient (Wildman–Crippen LogP) is 4.85. The van der Waals surface area contributed by atoms with E-state index < -0.39 is 11.0 Å². The second-order valence-corrected chi connectivity index (χ2v) is 10.7. The molecule has 0 radical (unpaired) electrons. The number of hydrogen-bond acceptors (Lipinski definition) is 5. The van der Waals surface area contributed by atoms with Gasteiger partial charge in [0, 0.05) is 24.9 Å². The lowest BCUT2D eigenvalue weighted by Gasteiger charge is -2.45. The molecule has 4 aliphatic rings. The summed E-state index contributed by atoms with van der Waals surface area (Å²) in [4.78, 5) is 12.3. The number of aliphatic hydroxyl groups excluding tert-OH is 1. The molecule has 1 aromatic carbocycles. The highest BCUT2D eigenvalue weighted by molar-refractivity contribution is 5.84. The monoisotopic (exact) mass is 464 g/mol. The summed E-state index contributed by atoms with van der Waals surface area (Å²) in [5.74, 6) is 1.58. The summed E-state index contributed by atoms with van der Waals surface area (Å²) in [6, 6.07) is 8.08. The summed E-state index contributed by atoms with van der Waals surface area (Å²) >= 11 is 0. The van der Waals surface area contributed by atoms with Gasteiger partial charge in [0.1, 0.15) is 17.6 Å². The zero-order chi connectivity index (χ0) is 24.1. The van der Waals surface area contributed by atoms with E-state index in [-0.39, 0.29) is 24.5 Å². The molecule has 0 spiro atoms. The van der Waals surface area contributed by atoms with E-state index in [0.29, 0.717) is 43.6 Å². The number of hydrogen-bond donors (Lipinski definition) is 2. The first kappa shape index (κ1) is 23.5. The number of aliphatic hydroxyl groups is 2. The average Bonchev–Trinajstić information content (AvgIpc) is 3.02. The number of fused-ring (bicyclic) bond motifs is 4. The molecule has 0 bridgehead atoms. The van der Waals surface area contributed by atoms with Gasteiger partial charge in [-0.25, -0.2) is 0 Å². The summed E-state index contributed by atoms with van der Waals surface area (Å²) < 4.78 is 12.2. The van der Waals surface area contributed by atoms with Crippen LogP contribution in [0.15, 0.2) is 59.2 Å². The van der Waals surface area contributed by atoms with E-state index in [1.54, 1.807) is 7.11 Å². The van der Waals surface area contributed by atoms with Gasteiger partial charge in [0.05, 0.1) is 19.3 Å². The van der Waals surface area contributed by atoms with Crippen molar-refractivity contribution < 1.29 is 24.5 Å². The average molecular weight is 465 g/mol. The Bertz CT molecular complexity index is 1050. The van der Waals surface area contributed by atoms with Crippen LogP contribution in [-0.2, 0) is 9.53 Å². The molecule has 2 unspecified atom stereocenters. The van der Waals surface area contributed by atoms with Crippen molar-refractivity contribution in [2.45, 2.75) is 63.6 Å². The molecule has 2 N–H and O–H groups in total. The first-order chi connectivity index (χ1) is 16.3. The maximum atomic E-state index is 12.3. The van der Waals surface area contributed by atoms with Crippen LogP contribution in [0.1, 0.15) is 63.5 Å². The Morgan fingerprint density at radius 1 is 1.26 bits per heavy atom. The Labute approximate surface area is 202 Å². The summed E-state index contributed by atoms with van der Waals surface area (Å²) in [5, 5.41) is 21.5. The minimum absolute atomic E-state index is 0.0178. The maximum absolute atomic E-state index is 12.3. The van der Waals surface area contributed by atoms with E-state index in [4.69, 9.17) is 9.47 Å². The first-order valence-electron chi connectivity index (χ1n) is 12.5. The molecule has 5 atom stereocenters. The number of methoxy groups -OCH3 is 1. The fourth-order valence-electron chi connectivity index (χ4n) is 7.18. The van der Waals surface area contributed by atoms with Crippen molar-refractivity contribution in [3.8, 4) is 5.75 Å². The maximum Gasteiger partial charge on any atom is 0.137 e. The van der Waals surface area contributed by atoms with Gasteiger partial charge in [-0.2, -0.15) is 0 Å². The molecule has 5 nitrogen and oxygen atoms in total. The number of allylic oxidation sites excluding steroid dienone is 3. The van der Waals surface area contributed by atoms with Gasteiger partial charge in [0.15, 0.2) is 0 Å². The minimum Gasteiger partial charge on any atom is -0.497 e. The molecule has 1 saturated heterocycles. The Morgan fingerprint density at radius 3 is 2.74 bits per heavy atom. The highest BCUT2D eigenvalue weighted by atomic mass is 16.5. The standard InChI is InChI=1S/C29H36O5/c1-18(13-15-30)29(32)14-12-25-24-10-6-20-16-21(31)7-11-23(20)26(24)27(34-17-28(25,29)2)19-4-8-22(33-3)9-5-19/h4-6,8-9,24-25,27,30,32H,1,7,10-17H2,2-3H3/t24?,25?,27-,28+,29-/m1/s1. The summed E-state index contributed by atoms with van der Waals surface area (Å²) in [5.41, 5.74) is 3.98. The lowest BCUT2D eigenvalue weighted by molar-refractivity contribution is -0.118. The van der Waals surface area contributed by atoms with Crippen molar-refractivity contribution in [1.82, 2.24) is 0 Å². The van der Waals surface area contributed by atoms with Crippen LogP contribution in [0.2, 0.25) is 0 Å². The molecular weight excluding hydrogens is 428 g/mol. The first-order valence-corrected chi connectivity index (χ1v) is 12.5. The lowest BCUT2D eigenvalue weighted by Crippen LogP contribution is -2.50. The summed E-state index contributed by atoms with van der Waals surface area (Å²) in [6.45, 7) is 6.74. The molecule has 1 aromatic rings. The number of ketones is 1. The topological polar surface area (TPSA) is 76.0 Å². The van der Waals surface area contributed by atoms with Crippen molar-refractivity contribution in [3.05, 3.63) is 64.8 Å². The third-order valence-corrected chi connectivity index (χ3v) is 9.11.